The summed E-state index contributed by atoms with van der Waals surface area (Å²) in [4.78, 5) is -3.71. The number of nitrogens with zero attached hydrogens (tertiary/aromatic N) is 2. The third-order valence-corrected chi connectivity index (χ3v) is 4.39. The minimum absolute atomic E-state index is 1.92. The Kier molecular flexibility index (Phi) is 8.64. The molecule has 0 aromatic rings. The molecule has 0 spiro atoms. The van der Waals surface area contributed by atoms with Gasteiger partial charge in [0.25, 0.3) is 0 Å². The first-order valence-electron chi connectivity index (χ1n) is 7.62. The predicted molar refractivity (Wildman–Crippen MR) is 70.0 cm³/mol. The Morgan fingerprint density at radius 1 is 0.421 bits per heavy atom. The molecule has 0 unspecified atom stereocenters. The average molecular weight is 649 g/mol. The van der Waals surface area contributed by atoms with E-state index in [-0.39, 0.29) is 0 Å². The minimum atomic E-state index is -9.43. The molecule has 0 atom stereocenters. The molecule has 0 aliphatic heterocycles. The molecule has 0 heterocycles. The summed E-state index contributed by atoms with van der Waals surface area (Å²) in [6.07, 6.45) is -8.11. The Labute approximate surface area is 194 Å². The first-order chi connectivity index (χ1) is 16.0. The van der Waals surface area contributed by atoms with E-state index < -0.39 is 74.9 Å². The Morgan fingerprint density at radius 3 is 0.842 bits per heavy atom. The van der Waals surface area contributed by atoms with Crippen LogP contribution in [0.5, 0.6) is 0 Å². The maximum atomic E-state index is 13.5. The lowest BCUT2D eigenvalue weighted by molar-refractivity contribution is -0.837. The molecule has 0 rings (SSSR count). The third-order valence-electron chi connectivity index (χ3n) is 4.07. The molecule has 0 aromatic heterocycles. The van der Waals surface area contributed by atoms with E-state index in [9.17, 15) is 106 Å². The summed E-state index contributed by atoms with van der Waals surface area (Å²) in [5.74, 6) is -72.9. The predicted octanol–water partition coefficient (Wildman–Crippen LogP) is 7.48. The first kappa shape index (κ1) is 36.1. The fourth-order valence-electron chi connectivity index (χ4n) is 1.87. The number of hydrogen-bond acceptors (Lipinski definition) is 0. The third kappa shape index (κ3) is 4.32. The van der Waals surface area contributed by atoms with Crippen molar-refractivity contribution in [1.29, 1.82) is 0 Å². The van der Waals surface area contributed by atoms with Crippen molar-refractivity contribution in [3.8, 4) is 0 Å². The molecule has 27 heteroatoms. The molecule has 0 fully saturated rings. The van der Waals surface area contributed by atoms with Crippen molar-refractivity contribution in [1.82, 2.24) is 5.34 Å². The highest BCUT2D eigenvalue weighted by Crippen LogP contribution is 2.66. The highest BCUT2D eigenvalue weighted by atomic mass is 32.1. The van der Waals surface area contributed by atoms with Gasteiger partial charge in [-0.2, -0.15) is 92.2 Å². The highest BCUT2D eigenvalue weighted by molar-refractivity contribution is 7.96. The number of halogens is 24. The molecule has 0 bridgehead atoms. The van der Waals surface area contributed by atoms with Gasteiger partial charge in [0.15, 0.2) is 0 Å². The zero-order valence-corrected chi connectivity index (χ0v) is 16.8. The van der Waals surface area contributed by atoms with E-state index in [0.29, 0.717) is 0 Å². The smallest absolute Gasteiger partial charge is 0.192 e. The van der Waals surface area contributed by atoms with Crippen LogP contribution >= 0.6 is 12.6 Å². The number of hydrogen-bond donors (Lipinski definition) is 1. The van der Waals surface area contributed by atoms with Crippen molar-refractivity contribution in [3.05, 3.63) is 0 Å². The van der Waals surface area contributed by atoms with Crippen LogP contribution in [-0.4, -0.2) is 74.9 Å². The van der Waals surface area contributed by atoms with Crippen molar-refractivity contribution in [3.63, 3.8) is 0 Å². The summed E-state index contributed by atoms with van der Waals surface area (Å²) in [5, 5.41) is -6.69. The SMILES string of the molecule is FN(F)C(S)=[N+](F)C(F)(F)C(F)(F)C(F)(F)C(F)(F)C(F)(F)C(F)(F)C(F)(F)C(F)(F)C(F)(F)C(F)(F)F. The van der Waals surface area contributed by atoms with Crippen molar-refractivity contribution in [2.45, 2.75) is 59.6 Å². The molecule has 0 saturated carbocycles. The van der Waals surface area contributed by atoms with Gasteiger partial charge in [-0.1, -0.05) is 0 Å². The van der Waals surface area contributed by atoms with E-state index in [1.165, 1.54) is 0 Å². The zero-order chi connectivity index (χ0) is 31.7. The lowest BCUT2D eigenvalue weighted by Gasteiger charge is -2.43. The average Bonchev–Trinajstić information content (AvgIpc) is 2.70. The van der Waals surface area contributed by atoms with Gasteiger partial charge in [-0.3, -0.25) is 0 Å². The summed E-state index contributed by atoms with van der Waals surface area (Å²) in [6, 6.07) is -8.03. The van der Waals surface area contributed by atoms with Gasteiger partial charge in [0.2, 0.25) is 0 Å². The lowest BCUT2D eigenvalue weighted by Crippen LogP contribution is -2.77. The maximum absolute atomic E-state index is 13.5. The molecule has 0 saturated heterocycles. The number of thiol groups is 1. The molecular weight excluding hydrogens is 648 g/mol. The van der Waals surface area contributed by atoms with Crippen LogP contribution in [-0.2, 0) is 0 Å². The Morgan fingerprint density at radius 2 is 0.632 bits per heavy atom. The normalized spacial score (nSPS) is 17.0. The van der Waals surface area contributed by atoms with E-state index in [2.05, 4.69) is 0 Å². The van der Waals surface area contributed by atoms with E-state index in [1.807, 2.05) is 12.6 Å². The first-order valence-corrected chi connectivity index (χ1v) is 8.07. The zero-order valence-electron chi connectivity index (χ0n) is 15.9. The molecular formula is C11HF24N2S+. The van der Waals surface area contributed by atoms with Gasteiger partial charge in [0, 0.05) is 18.2 Å². The topological polar surface area (TPSA) is 6.25 Å². The summed E-state index contributed by atoms with van der Waals surface area (Å²) in [5.41, 5.74) is 0. The maximum Gasteiger partial charge on any atom is 0.499 e. The quantitative estimate of drug-likeness (QED) is 0.0680. The van der Waals surface area contributed by atoms with Crippen LogP contribution in [0.2, 0.25) is 0 Å². The van der Waals surface area contributed by atoms with Gasteiger partial charge in [-0.25, -0.2) is 0 Å². The second-order valence-corrected chi connectivity index (χ2v) is 6.85. The second-order valence-electron chi connectivity index (χ2n) is 6.45. The van der Waals surface area contributed by atoms with Crippen molar-refractivity contribution in [2.75, 3.05) is 0 Å². The van der Waals surface area contributed by atoms with Crippen LogP contribution < -0.4 is 0 Å². The molecule has 0 aliphatic rings. The van der Waals surface area contributed by atoms with E-state index >= 15 is 0 Å². The molecule has 0 N–H and O–H groups in total. The molecule has 0 aliphatic carbocycles. The molecule has 0 radical (unpaired) electrons. The fourth-order valence-corrected chi connectivity index (χ4v) is 1.99. The van der Waals surface area contributed by atoms with E-state index in [0.717, 1.165) is 0 Å². The summed E-state index contributed by atoms with van der Waals surface area (Å²) in [6.45, 7) is 0. The summed E-state index contributed by atoms with van der Waals surface area (Å²) >= 11 is 1.92. The Balaban J connectivity index is 7.26. The van der Waals surface area contributed by atoms with Crippen LogP contribution in [0, 0.1) is 0 Å². The van der Waals surface area contributed by atoms with E-state index in [1.54, 1.807) is 0 Å². The monoisotopic (exact) mass is 649 g/mol. The van der Waals surface area contributed by atoms with Gasteiger partial charge < -0.3 is 0 Å². The van der Waals surface area contributed by atoms with E-state index in [4.69, 9.17) is 0 Å². The van der Waals surface area contributed by atoms with Crippen LogP contribution in [0.1, 0.15) is 0 Å². The molecule has 0 aromatic carbocycles. The van der Waals surface area contributed by atoms with Crippen LogP contribution in [0.4, 0.5) is 106 Å². The molecule has 2 nitrogen and oxygen atoms in total. The van der Waals surface area contributed by atoms with Crippen molar-refractivity contribution >= 4 is 17.8 Å². The van der Waals surface area contributed by atoms with Crippen LogP contribution in [0.25, 0.3) is 0 Å². The van der Waals surface area contributed by atoms with Crippen molar-refractivity contribution < 1.29 is 110 Å². The van der Waals surface area contributed by atoms with Gasteiger partial charge >= 0.3 is 64.8 Å². The number of rotatable bonds is 9. The lowest BCUT2D eigenvalue weighted by atomic mass is 9.87. The van der Waals surface area contributed by atoms with Crippen molar-refractivity contribution in [2.24, 2.45) is 0 Å². The summed E-state index contributed by atoms with van der Waals surface area (Å²) < 4.78 is 311. The van der Waals surface area contributed by atoms with Gasteiger partial charge in [0.1, 0.15) is 5.34 Å². The Bertz CT molecular complexity index is 913. The molecule has 0 amide bonds. The largest absolute Gasteiger partial charge is 0.499 e. The number of alkyl halides is 21. The van der Waals surface area contributed by atoms with Crippen LogP contribution in [0.3, 0.4) is 0 Å². The number of amidine groups is 1. The summed E-state index contributed by atoms with van der Waals surface area (Å²) in [7, 11) is 0. The van der Waals surface area contributed by atoms with Gasteiger partial charge in [-0.05, 0) is 12.6 Å². The molecule has 38 heavy (non-hydrogen) atoms. The minimum Gasteiger partial charge on any atom is -0.192 e. The van der Waals surface area contributed by atoms with Crippen LogP contribution in [0.15, 0.2) is 0 Å². The van der Waals surface area contributed by atoms with Gasteiger partial charge in [-0.15, -0.1) is 0 Å². The standard InChI is InChI=1S/C11F24N2S/c12-2(13,4(16,17)6(20,21)8(24,25)10(28,29)30)3(14,15)5(18,19)7(22,23)9(26,27)11(31,32)36(33)1(38)37(34)35/p+1. The second kappa shape index (κ2) is 9.09. The van der Waals surface area contributed by atoms with Gasteiger partial charge in [0.05, 0.1) is 0 Å². The highest BCUT2D eigenvalue weighted by Gasteiger charge is 2.98. The fraction of sp³-hybridized carbons (Fsp3) is 0.909. The Hall–Kier alpha value is -1.86. The molecule has 228 valence electrons.